The molecule has 0 amide bonds. The summed E-state index contributed by atoms with van der Waals surface area (Å²) in [5.74, 6) is 0. The first-order valence-electron chi connectivity index (χ1n) is 5.48. The Hall–Kier alpha value is -1.51. The Kier molecular flexibility index (Phi) is 4.55. The van der Waals surface area contributed by atoms with Crippen LogP contribution in [0.1, 0.15) is 31.4 Å². The third-order valence-corrected chi connectivity index (χ3v) is 2.45. The minimum atomic E-state index is -4.27. The quantitative estimate of drug-likeness (QED) is 0.647. The van der Waals surface area contributed by atoms with Crippen LogP contribution >= 0.6 is 0 Å². The highest BCUT2D eigenvalue weighted by molar-refractivity contribution is 5.67. The van der Waals surface area contributed by atoms with E-state index in [-0.39, 0.29) is 0 Å². The zero-order valence-electron chi connectivity index (χ0n) is 9.88. The standard InChI is InChI=1S/C14H15F3/c1-3-5-6-11(4-2)12-7-9-13(10-8-12)14(15,16)17/h3,5-10H,4H2,1-2H3/b5-3-,11-6+. The molecule has 0 fully saturated rings. The second-order valence-corrected chi connectivity index (χ2v) is 3.65. The Labute approximate surface area is 99.5 Å². The Morgan fingerprint density at radius 3 is 2.18 bits per heavy atom. The third kappa shape index (κ3) is 3.77. The van der Waals surface area contributed by atoms with E-state index in [0.29, 0.717) is 0 Å². The van der Waals surface area contributed by atoms with Crippen LogP contribution in [0.3, 0.4) is 0 Å². The van der Waals surface area contributed by atoms with E-state index in [1.807, 2.05) is 32.1 Å². The molecule has 0 aliphatic rings. The second-order valence-electron chi connectivity index (χ2n) is 3.65. The Bertz CT molecular complexity index is 408. The Morgan fingerprint density at radius 2 is 1.76 bits per heavy atom. The van der Waals surface area contributed by atoms with Crippen molar-refractivity contribution in [3.8, 4) is 0 Å². The molecular weight excluding hydrogens is 225 g/mol. The van der Waals surface area contributed by atoms with Crippen molar-refractivity contribution < 1.29 is 13.2 Å². The van der Waals surface area contributed by atoms with Gasteiger partial charge in [-0.3, -0.25) is 0 Å². The van der Waals surface area contributed by atoms with Crippen LogP contribution in [0, 0.1) is 0 Å². The molecule has 0 radical (unpaired) electrons. The summed E-state index contributed by atoms with van der Waals surface area (Å²) in [4.78, 5) is 0. The first kappa shape index (κ1) is 13.6. The molecule has 17 heavy (non-hydrogen) atoms. The summed E-state index contributed by atoms with van der Waals surface area (Å²) in [6.07, 6.45) is 2.21. The lowest BCUT2D eigenvalue weighted by atomic mass is 10.0. The average Bonchev–Trinajstić information content (AvgIpc) is 2.29. The topological polar surface area (TPSA) is 0 Å². The summed E-state index contributed by atoms with van der Waals surface area (Å²) in [5, 5.41) is 0. The molecule has 0 saturated heterocycles. The molecule has 0 heterocycles. The molecule has 0 aromatic heterocycles. The van der Waals surface area contributed by atoms with E-state index in [1.54, 1.807) is 0 Å². The average molecular weight is 240 g/mol. The molecule has 0 spiro atoms. The lowest BCUT2D eigenvalue weighted by Crippen LogP contribution is -2.04. The maximum atomic E-state index is 12.4. The number of hydrogen-bond donors (Lipinski definition) is 0. The monoisotopic (exact) mass is 240 g/mol. The molecule has 1 aromatic carbocycles. The summed E-state index contributed by atoms with van der Waals surface area (Å²) < 4.78 is 37.1. The predicted molar refractivity (Wildman–Crippen MR) is 64.5 cm³/mol. The highest BCUT2D eigenvalue weighted by atomic mass is 19.4. The van der Waals surface area contributed by atoms with Gasteiger partial charge in [-0.05, 0) is 36.6 Å². The van der Waals surface area contributed by atoms with E-state index in [9.17, 15) is 13.2 Å². The van der Waals surface area contributed by atoms with Crippen molar-refractivity contribution in [2.45, 2.75) is 26.4 Å². The highest BCUT2D eigenvalue weighted by Gasteiger charge is 2.29. The number of rotatable bonds is 3. The Balaban J connectivity index is 3.01. The number of halogens is 3. The van der Waals surface area contributed by atoms with Crippen molar-refractivity contribution in [3.05, 3.63) is 53.6 Å². The van der Waals surface area contributed by atoms with Gasteiger partial charge in [0.2, 0.25) is 0 Å². The molecule has 0 atom stereocenters. The molecule has 0 N–H and O–H groups in total. The van der Waals surface area contributed by atoms with Crippen molar-refractivity contribution in [1.82, 2.24) is 0 Å². The molecule has 0 aliphatic carbocycles. The predicted octanol–water partition coefficient (Wildman–Crippen LogP) is 5.07. The SMILES string of the molecule is C/C=C\C=C(/CC)c1ccc(C(F)(F)F)cc1. The largest absolute Gasteiger partial charge is 0.416 e. The normalized spacial score (nSPS) is 13.4. The van der Waals surface area contributed by atoms with Gasteiger partial charge in [0, 0.05) is 0 Å². The van der Waals surface area contributed by atoms with Crippen LogP contribution in [-0.2, 0) is 6.18 Å². The van der Waals surface area contributed by atoms with E-state index in [0.717, 1.165) is 29.7 Å². The molecule has 0 aliphatic heterocycles. The lowest BCUT2D eigenvalue weighted by Gasteiger charge is -2.08. The molecule has 1 aromatic rings. The molecule has 0 nitrogen and oxygen atoms in total. The maximum Gasteiger partial charge on any atom is 0.416 e. The van der Waals surface area contributed by atoms with Gasteiger partial charge < -0.3 is 0 Å². The van der Waals surface area contributed by atoms with Gasteiger partial charge in [0.05, 0.1) is 5.56 Å². The van der Waals surface area contributed by atoms with Crippen molar-refractivity contribution in [2.24, 2.45) is 0 Å². The molecule has 1 rings (SSSR count). The van der Waals surface area contributed by atoms with Crippen molar-refractivity contribution in [2.75, 3.05) is 0 Å². The van der Waals surface area contributed by atoms with Gasteiger partial charge in [-0.1, -0.05) is 37.3 Å². The summed E-state index contributed by atoms with van der Waals surface area (Å²) >= 11 is 0. The zero-order valence-corrected chi connectivity index (χ0v) is 9.88. The minimum absolute atomic E-state index is 0.609. The van der Waals surface area contributed by atoms with Crippen LogP contribution < -0.4 is 0 Å². The van der Waals surface area contributed by atoms with E-state index in [1.165, 1.54) is 12.1 Å². The molecular formula is C14H15F3. The van der Waals surface area contributed by atoms with Gasteiger partial charge in [0.1, 0.15) is 0 Å². The summed E-state index contributed by atoms with van der Waals surface area (Å²) in [7, 11) is 0. The Morgan fingerprint density at radius 1 is 1.18 bits per heavy atom. The van der Waals surface area contributed by atoms with Gasteiger partial charge in [-0.25, -0.2) is 0 Å². The van der Waals surface area contributed by atoms with Gasteiger partial charge in [0.15, 0.2) is 0 Å². The second kappa shape index (κ2) is 5.71. The number of hydrogen-bond acceptors (Lipinski definition) is 0. The number of benzene rings is 1. The van der Waals surface area contributed by atoms with Gasteiger partial charge >= 0.3 is 6.18 Å². The van der Waals surface area contributed by atoms with Gasteiger partial charge in [-0.15, -0.1) is 0 Å². The zero-order chi connectivity index (χ0) is 12.9. The molecule has 0 saturated carbocycles. The van der Waals surface area contributed by atoms with Crippen LogP contribution in [0.15, 0.2) is 42.5 Å². The van der Waals surface area contributed by atoms with Gasteiger partial charge in [0.25, 0.3) is 0 Å². The summed E-state index contributed by atoms with van der Waals surface area (Å²) in [6, 6.07) is 5.27. The lowest BCUT2D eigenvalue weighted by molar-refractivity contribution is -0.137. The molecule has 92 valence electrons. The van der Waals surface area contributed by atoms with Crippen molar-refractivity contribution in [3.63, 3.8) is 0 Å². The van der Waals surface area contributed by atoms with Crippen LogP contribution in [0.4, 0.5) is 13.2 Å². The van der Waals surface area contributed by atoms with Crippen LogP contribution in [-0.4, -0.2) is 0 Å². The van der Waals surface area contributed by atoms with E-state index < -0.39 is 11.7 Å². The van der Waals surface area contributed by atoms with E-state index in [4.69, 9.17) is 0 Å². The first-order chi connectivity index (χ1) is 7.99. The van der Waals surface area contributed by atoms with Crippen molar-refractivity contribution in [1.29, 1.82) is 0 Å². The third-order valence-electron chi connectivity index (χ3n) is 2.45. The summed E-state index contributed by atoms with van der Waals surface area (Å²) in [5.41, 5.74) is 1.25. The minimum Gasteiger partial charge on any atom is -0.166 e. The number of alkyl halides is 3. The molecule has 0 bridgehead atoms. The van der Waals surface area contributed by atoms with Crippen LogP contribution in [0.2, 0.25) is 0 Å². The fourth-order valence-corrected chi connectivity index (χ4v) is 1.50. The number of allylic oxidation sites excluding steroid dienone is 4. The fourth-order valence-electron chi connectivity index (χ4n) is 1.50. The van der Waals surface area contributed by atoms with Crippen LogP contribution in [0.25, 0.3) is 5.57 Å². The molecule has 3 heteroatoms. The maximum absolute atomic E-state index is 12.4. The first-order valence-corrected chi connectivity index (χ1v) is 5.48. The van der Waals surface area contributed by atoms with Crippen molar-refractivity contribution >= 4 is 5.57 Å². The highest BCUT2D eigenvalue weighted by Crippen LogP contribution is 2.30. The van der Waals surface area contributed by atoms with E-state index >= 15 is 0 Å². The fraction of sp³-hybridized carbons (Fsp3) is 0.286. The molecule has 0 unspecified atom stereocenters. The smallest absolute Gasteiger partial charge is 0.166 e. The van der Waals surface area contributed by atoms with Gasteiger partial charge in [-0.2, -0.15) is 13.2 Å². The van der Waals surface area contributed by atoms with Crippen LogP contribution in [0.5, 0.6) is 0 Å². The van der Waals surface area contributed by atoms with E-state index in [2.05, 4.69) is 0 Å². The summed E-state index contributed by atoms with van der Waals surface area (Å²) in [6.45, 7) is 3.88.